The lowest BCUT2D eigenvalue weighted by atomic mass is 9.87. The van der Waals surface area contributed by atoms with Crippen molar-refractivity contribution < 1.29 is 0 Å². The molecule has 0 amide bonds. The highest BCUT2D eigenvalue weighted by Crippen LogP contribution is 2.46. The predicted molar refractivity (Wildman–Crippen MR) is 194 cm³/mol. The molecule has 0 bridgehead atoms. The highest BCUT2D eigenvalue weighted by molar-refractivity contribution is 7.27. The first-order valence-corrected chi connectivity index (χ1v) is 19.4. The molecule has 6 nitrogen and oxygen atoms in total. The first-order chi connectivity index (χ1) is 22.1. The minimum Gasteiger partial charge on any atom is -0.268 e. The molecule has 7 heterocycles. The molecule has 0 unspecified atom stereocenters. The van der Waals surface area contributed by atoms with Crippen molar-refractivity contribution in [2.75, 3.05) is 0 Å². The van der Waals surface area contributed by atoms with Crippen LogP contribution < -0.4 is 11.1 Å². The molecule has 8 aromatic rings. The summed E-state index contributed by atoms with van der Waals surface area (Å²) in [5.74, 6) is 0. The molecule has 0 fully saturated rings. The van der Waals surface area contributed by atoms with Gasteiger partial charge in [0.1, 0.15) is 9.66 Å². The Hall–Kier alpha value is -3.14. The van der Waals surface area contributed by atoms with E-state index in [1.54, 1.807) is 34.0 Å². The van der Waals surface area contributed by atoms with E-state index in [0.717, 1.165) is 101 Å². The molecule has 0 saturated carbocycles. The Morgan fingerprint density at radius 1 is 0.578 bits per heavy atom. The Bertz CT molecular complexity index is 2260. The monoisotopic (exact) mass is 654 g/mol. The van der Waals surface area contributed by atoms with Gasteiger partial charge in [-0.25, -0.2) is 9.97 Å². The summed E-state index contributed by atoms with van der Waals surface area (Å²) in [6.07, 6.45) is 15.9. The van der Waals surface area contributed by atoms with E-state index < -0.39 is 0 Å². The molecule has 45 heavy (non-hydrogen) atoms. The van der Waals surface area contributed by atoms with Crippen molar-refractivity contribution >= 4 is 96.9 Å². The van der Waals surface area contributed by atoms with E-state index in [4.69, 9.17) is 9.97 Å². The fraction of sp³-hybridized carbons (Fsp3) is 0.444. The van der Waals surface area contributed by atoms with Gasteiger partial charge in [0.05, 0.1) is 31.2 Å². The molecule has 0 aliphatic carbocycles. The molecule has 0 spiro atoms. The smallest absolute Gasteiger partial charge is 0.265 e. The van der Waals surface area contributed by atoms with Crippen LogP contribution in [0.3, 0.4) is 0 Å². The number of imidazole rings is 2. The molecular weight excluding hydrogens is 617 g/mol. The molecule has 0 atom stereocenters. The van der Waals surface area contributed by atoms with Crippen LogP contribution in [-0.2, 0) is 12.8 Å². The van der Waals surface area contributed by atoms with Crippen LogP contribution in [0, 0.1) is 0 Å². The van der Waals surface area contributed by atoms with Crippen molar-refractivity contribution in [2.45, 2.75) is 104 Å². The molecule has 0 aliphatic heterocycles. The number of nitrogens with zero attached hydrogens (tertiary/aromatic N) is 4. The zero-order valence-corrected chi connectivity index (χ0v) is 28.5. The molecule has 8 rings (SSSR count). The zero-order valence-electron chi connectivity index (χ0n) is 26.0. The number of rotatable bonds is 14. The SMILES string of the molecule is CCCCCCCCc1c(CCCCCCCC)c2c(=O)n3c4ccsc4nc3c3sc4c(c1c(=O)n1c5ccsc5nc41)c23. The highest BCUT2D eigenvalue weighted by atomic mass is 32.1. The van der Waals surface area contributed by atoms with Crippen LogP contribution in [-0.4, -0.2) is 18.8 Å². The molecule has 0 saturated heterocycles. The zero-order chi connectivity index (χ0) is 30.7. The number of hydrogen-bond acceptors (Lipinski definition) is 7. The van der Waals surface area contributed by atoms with E-state index in [1.807, 2.05) is 31.7 Å². The average Bonchev–Trinajstić information content (AvgIpc) is 3.84. The second-order valence-electron chi connectivity index (χ2n) is 12.6. The van der Waals surface area contributed by atoms with Crippen molar-refractivity contribution in [3.05, 3.63) is 54.7 Å². The van der Waals surface area contributed by atoms with Crippen molar-refractivity contribution in [1.82, 2.24) is 18.8 Å². The lowest BCUT2D eigenvalue weighted by Crippen LogP contribution is -2.19. The molecule has 0 radical (unpaired) electrons. The average molecular weight is 655 g/mol. The minimum absolute atomic E-state index is 0.0156. The fourth-order valence-corrected chi connectivity index (χ4v) is 10.3. The summed E-state index contributed by atoms with van der Waals surface area (Å²) in [7, 11) is 0. The van der Waals surface area contributed by atoms with Crippen LogP contribution in [0.15, 0.2) is 32.5 Å². The van der Waals surface area contributed by atoms with Gasteiger partial charge in [-0.3, -0.25) is 18.4 Å². The van der Waals surface area contributed by atoms with Gasteiger partial charge in [0.2, 0.25) is 0 Å². The Morgan fingerprint density at radius 3 is 1.44 bits per heavy atom. The number of fused-ring (bicyclic) bond motifs is 8. The third-order valence-electron chi connectivity index (χ3n) is 9.75. The maximum absolute atomic E-state index is 14.7. The molecule has 1 aromatic carbocycles. The number of aromatic nitrogens is 4. The maximum Gasteiger partial charge on any atom is 0.265 e. The van der Waals surface area contributed by atoms with Gasteiger partial charge in [-0.15, -0.1) is 34.0 Å². The molecule has 0 aliphatic rings. The van der Waals surface area contributed by atoms with Crippen molar-refractivity contribution in [3.63, 3.8) is 0 Å². The van der Waals surface area contributed by atoms with E-state index in [2.05, 4.69) is 13.8 Å². The second kappa shape index (κ2) is 11.9. The van der Waals surface area contributed by atoms with Crippen molar-refractivity contribution in [3.8, 4) is 0 Å². The van der Waals surface area contributed by atoms with Gasteiger partial charge in [0.15, 0.2) is 11.3 Å². The lowest BCUT2D eigenvalue weighted by Gasteiger charge is -2.17. The molecule has 7 aromatic heterocycles. The largest absolute Gasteiger partial charge is 0.268 e. The Labute approximate surface area is 273 Å². The van der Waals surface area contributed by atoms with E-state index in [1.165, 1.54) is 51.4 Å². The number of aryl methyl sites for hydroxylation is 2. The number of benzene rings is 1. The maximum atomic E-state index is 14.7. The van der Waals surface area contributed by atoms with Gasteiger partial charge in [-0.05, 0) is 59.7 Å². The second-order valence-corrected chi connectivity index (χ2v) is 15.4. The first-order valence-electron chi connectivity index (χ1n) is 16.8. The van der Waals surface area contributed by atoms with Gasteiger partial charge in [-0.1, -0.05) is 78.1 Å². The summed E-state index contributed by atoms with van der Waals surface area (Å²) >= 11 is 4.81. The molecular formula is C36H38N4O2S3. The summed E-state index contributed by atoms with van der Waals surface area (Å²) < 4.78 is 5.71. The van der Waals surface area contributed by atoms with Gasteiger partial charge in [0, 0.05) is 10.8 Å². The quantitative estimate of drug-likeness (QED) is 0.0864. The van der Waals surface area contributed by atoms with Crippen LogP contribution in [0.2, 0.25) is 0 Å². The van der Waals surface area contributed by atoms with Gasteiger partial charge in [0.25, 0.3) is 11.1 Å². The third kappa shape index (κ3) is 4.52. The van der Waals surface area contributed by atoms with Crippen LogP contribution >= 0.6 is 34.0 Å². The highest BCUT2D eigenvalue weighted by Gasteiger charge is 2.30. The lowest BCUT2D eigenvalue weighted by molar-refractivity contribution is 0.600. The van der Waals surface area contributed by atoms with Crippen molar-refractivity contribution in [2.24, 2.45) is 0 Å². The first kappa shape index (κ1) is 29.3. The van der Waals surface area contributed by atoms with Crippen LogP contribution in [0.1, 0.15) is 102 Å². The number of pyridine rings is 2. The van der Waals surface area contributed by atoms with Crippen LogP contribution in [0.5, 0.6) is 0 Å². The summed E-state index contributed by atoms with van der Waals surface area (Å²) in [6, 6.07) is 4.04. The summed E-state index contributed by atoms with van der Waals surface area (Å²) in [6.45, 7) is 4.50. The Kier molecular flexibility index (Phi) is 7.74. The van der Waals surface area contributed by atoms with Crippen LogP contribution in [0.4, 0.5) is 0 Å². The predicted octanol–water partition coefficient (Wildman–Crippen LogP) is 10.3. The van der Waals surface area contributed by atoms with E-state index in [-0.39, 0.29) is 11.1 Å². The van der Waals surface area contributed by atoms with E-state index >= 15 is 0 Å². The number of unbranched alkanes of at least 4 members (excludes halogenated alkanes) is 10. The normalized spacial score (nSPS) is 12.8. The fourth-order valence-electron chi connectivity index (χ4n) is 7.57. The number of hydrogen-bond donors (Lipinski definition) is 0. The molecule has 0 N–H and O–H groups in total. The summed E-state index contributed by atoms with van der Waals surface area (Å²) in [5, 5.41) is 7.55. The summed E-state index contributed by atoms with van der Waals surface area (Å²) in [4.78, 5) is 41.2. The van der Waals surface area contributed by atoms with Crippen LogP contribution in [0.25, 0.3) is 62.9 Å². The summed E-state index contributed by atoms with van der Waals surface area (Å²) in [5.41, 5.74) is 5.44. The van der Waals surface area contributed by atoms with Gasteiger partial charge >= 0.3 is 0 Å². The van der Waals surface area contributed by atoms with E-state index in [0.29, 0.717) is 11.3 Å². The Balaban J connectivity index is 1.44. The molecule has 9 heteroatoms. The number of thiophene rings is 3. The third-order valence-corrected chi connectivity index (χ3v) is 12.5. The topological polar surface area (TPSA) is 68.7 Å². The Morgan fingerprint density at radius 2 is 1.00 bits per heavy atom. The molecule has 232 valence electrons. The van der Waals surface area contributed by atoms with Gasteiger partial charge in [-0.2, -0.15) is 0 Å². The van der Waals surface area contributed by atoms with E-state index in [9.17, 15) is 9.59 Å². The standard InChI is InChI=1S/C36H38N4O2S3/c1-3-5-7-9-11-13-15-21-22(16-14-12-10-8-6-4-2)26-28-27-25(21)35(41)39-23-17-19-43-33(23)37-31(39)29(27)45-30(28)32-38-34-24(18-20-44-34)40(32)36(26)42/h17-20H,3-16H2,1-2H3. The van der Waals surface area contributed by atoms with Gasteiger partial charge < -0.3 is 0 Å². The minimum atomic E-state index is 0.0156. The van der Waals surface area contributed by atoms with Crippen molar-refractivity contribution in [1.29, 1.82) is 0 Å².